The van der Waals surface area contributed by atoms with Gasteiger partial charge < -0.3 is 0 Å². The molecule has 0 saturated heterocycles. The van der Waals surface area contributed by atoms with E-state index in [1.807, 2.05) is 17.0 Å². The fourth-order valence-electron chi connectivity index (χ4n) is 1.54. The van der Waals surface area contributed by atoms with Crippen molar-refractivity contribution in [2.24, 2.45) is 0 Å². The molecule has 92 valence electrons. The molecule has 17 heavy (non-hydrogen) atoms. The predicted molar refractivity (Wildman–Crippen MR) is 69.7 cm³/mol. The van der Waals surface area contributed by atoms with Gasteiger partial charge in [0.1, 0.15) is 11.6 Å². The standard InChI is InChI=1S/C12H18N4S/c1-5-6-9-13-7-8-16(9)11-14-10(15-17-11)12(2,3)4/h7-8H,5-6H2,1-4H3. The highest BCUT2D eigenvalue weighted by molar-refractivity contribution is 7.08. The summed E-state index contributed by atoms with van der Waals surface area (Å²) < 4.78 is 6.46. The smallest absolute Gasteiger partial charge is 0.214 e. The molecule has 0 atom stereocenters. The quantitative estimate of drug-likeness (QED) is 0.841. The third-order valence-electron chi connectivity index (χ3n) is 2.48. The van der Waals surface area contributed by atoms with Crippen LogP contribution in [0.4, 0.5) is 0 Å². The first-order valence-corrected chi connectivity index (χ1v) is 6.66. The number of aromatic nitrogens is 4. The van der Waals surface area contributed by atoms with Crippen molar-refractivity contribution in [2.75, 3.05) is 0 Å². The minimum absolute atomic E-state index is 0.000249. The Morgan fingerprint density at radius 2 is 2.12 bits per heavy atom. The van der Waals surface area contributed by atoms with Crippen LogP contribution in [0.3, 0.4) is 0 Å². The van der Waals surface area contributed by atoms with Crippen molar-refractivity contribution in [2.45, 2.75) is 46.0 Å². The van der Waals surface area contributed by atoms with Crippen molar-refractivity contribution in [3.8, 4) is 5.13 Å². The number of aryl methyl sites for hydroxylation is 1. The Bertz CT molecular complexity index is 493. The fourth-order valence-corrected chi connectivity index (χ4v) is 2.40. The number of imidazole rings is 1. The lowest BCUT2D eigenvalue weighted by Crippen LogP contribution is -2.13. The van der Waals surface area contributed by atoms with Crippen molar-refractivity contribution in [1.29, 1.82) is 0 Å². The fraction of sp³-hybridized carbons (Fsp3) is 0.583. The predicted octanol–water partition coefficient (Wildman–Crippen LogP) is 2.97. The van der Waals surface area contributed by atoms with Gasteiger partial charge in [0.05, 0.1) is 0 Å². The van der Waals surface area contributed by atoms with Gasteiger partial charge in [0.2, 0.25) is 5.13 Å². The Morgan fingerprint density at radius 3 is 2.71 bits per heavy atom. The molecule has 2 heterocycles. The first kappa shape index (κ1) is 12.2. The SMILES string of the molecule is CCCc1nccn1-c1nc(C(C)(C)C)ns1. The molecule has 0 fully saturated rings. The van der Waals surface area contributed by atoms with Gasteiger partial charge in [-0.3, -0.25) is 4.57 Å². The van der Waals surface area contributed by atoms with Gasteiger partial charge in [0.15, 0.2) is 0 Å². The van der Waals surface area contributed by atoms with E-state index in [4.69, 9.17) is 0 Å². The van der Waals surface area contributed by atoms with Gasteiger partial charge in [0.25, 0.3) is 0 Å². The summed E-state index contributed by atoms with van der Waals surface area (Å²) >= 11 is 1.44. The summed E-state index contributed by atoms with van der Waals surface area (Å²) in [6.07, 6.45) is 5.83. The van der Waals surface area contributed by atoms with Crippen LogP contribution in [0, 0.1) is 0 Å². The first-order valence-electron chi connectivity index (χ1n) is 5.89. The number of rotatable bonds is 3. The van der Waals surface area contributed by atoms with E-state index in [1.165, 1.54) is 11.5 Å². The van der Waals surface area contributed by atoms with E-state index in [1.54, 1.807) is 0 Å². The lowest BCUT2D eigenvalue weighted by molar-refractivity contribution is 0.553. The Balaban J connectivity index is 2.34. The Morgan fingerprint density at radius 1 is 1.35 bits per heavy atom. The summed E-state index contributed by atoms with van der Waals surface area (Å²) in [5.74, 6) is 1.96. The first-order chi connectivity index (χ1) is 8.02. The lowest BCUT2D eigenvalue weighted by Gasteiger charge is -2.12. The lowest BCUT2D eigenvalue weighted by atomic mass is 9.96. The van der Waals surface area contributed by atoms with E-state index in [0.717, 1.165) is 29.6 Å². The second kappa shape index (κ2) is 4.56. The van der Waals surface area contributed by atoms with Gasteiger partial charge in [-0.05, 0) is 6.42 Å². The topological polar surface area (TPSA) is 43.6 Å². The highest BCUT2D eigenvalue weighted by atomic mass is 32.1. The summed E-state index contributed by atoms with van der Waals surface area (Å²) in [6.45, 7) is 8.53. The van der Waals surface area contributed by atoms with Crippen LogP contribution in [0.5, 0.6) is 0 Å². The summed E-state index contributed by atoms with van der Waals surface area (Å²) in [5.41, 5.74) is 0.000249. The van der Waals surface area contributed by atoms with E-state index in [0.29, 0.717) is 0 Å². The summed E-state index contributed by atoms with van der Waals surface area (Å²) in [7, 11) is 0. The van der Waals surface area contributed by atoms with E-state index >= 15 is 0 Å². The molecule has 0 amide bonds. The molecule has 2 aromatic rings. The van der Waals surface area contributed by atoms with Crippen LogP contribution in [0.1, 0.15) is 45.8 Å². The van der Waals surface area contributed by atoms with Crippen molar-refractivity contribution >= 4 is 11.5 Å². The average molecular weight is 250 g/mol. The molecule has 2 rings (SSSR count). The minimum Gasteiger partial charge on any atom is -0.278 e. The molecule has 0 radical (unpaired) electrons. The van der Waals surface area contributed by atoms with Crippen LogP contribution in [0.25, 0.3) is 5.13 Å². The molecule has 0 aliphatic rings. The third-order valence-corrected chi connectivity index (χ3v) is 3.20. The monoisotopic (exact) mass is 250 g/mol. The second-order valence-electron chi connectivity index (χ2n) is 5.11. The zero-order valence-electron chi connectivity index (χ0n) is 10.8. The number of nitrogens with zero attached hydrogens (tertiary/aromatic N) is 4. The molecule has 0 aliphatic carbocycles. The van der Waals surface area contributed by atoms with Crippen LogP contribution < -0.4 is 0 Å². The van der Waals surface area contributed by atoms with Crippen molar-refractivity contribution in [3.63, 3.8) is 0 Å². The Hall–Kier alpha value is -1.23. The van der Waals surface area contributed by atoms with Gasteiger partial charge in [-0.15, -0.1) is 0 Å². The number of hydrogen-bond donors (Lipinski definition) is 0. The Kier molecular flexibility index (Phi) is 3.28. The molecule has 2 aromatic heterocycles. The third kappa shape index (κ3) is 2.54. The molecule has 5 heteroatoms. The molecular weight excluding hydrogens is 232 g/mol. The highest BCUT2D eigenvalue weighted by Crippen LogP contribution is 2.23. The molecule has 0 aromatic carbocycles. The maximum Gasteiger partial charge on any atom is 0.214 e. The van der Waals surface area contributed by atoms with Gasteiger partial charge in [0, 0.05) is 35.8 Å². The zero-order valence-corrected chi connectivity index (χ0v) is 11.6. The molecule has 0 unspecified atom stereocenters. The molecule has 0 bridgehead atoms. The van der Waals surface area contributed by atoms with Crippen LogP contribution in [0.2, 0.25) is 0 Å². The second-order valence-corrected chi connectivity index (χ2v) is 5.84. The molecule has 0 N–H and O–H groups in total. The highest BCUT2D eigenvalue weighted by Gasteiger charge is 2.20. The average Bonchev–Trinajstić information content (AvgIpc) is 2.82. The van der Waals surface area contributed by atoms with Crippen molar-refractivity contribution < 1.29 is 0 Å². The van der Waals surface area contributed by atoms with Gasteiger partial charge in [-0.2, -0.15) is 4.37 Å². The summed E-state index contributed by atoms with van der Waals surface area (Å²) in [6, 6.07) is 0. The normalized spacial score (nSPS) is 12.0. The van der Waals surface area contributed by atoms with E-state index in [9.17, 15) is 0 Å². The maximum atomic E-state index is 4.60. The minimum atomic E-state index is 0.000249. The van der Waals surface area contributed by atoms with Crippen molar-refractivity contribution in [3.05, 3.63) is 24.0 Å². The summed E-state index contributed by atoms with van der Waals surface area (Å²) in [5, 5.41) is 0.913. The van der Waals surface area contributed by atoms with Gasteiger partial charge in [-0.25, -0.2) is 9.97 Å². The molecule has 4 nitrogen and oxygen atoms in total. The van der Waals surface area contributed by atoms with Gasteiger partial charge >= 0.3 is 0 Å². The molecule has 0 spiro atoms. The number of hydrogen-bond acceptors (Lipinski definition) is 4. The van der Waals surface area contributed by atoms with Crippen LogP contribution in [-0.4, -0.2) is 18.9 Å². The maximum absolute atomic E-state index is 4.60. The van der Waals surface area contributed by atoms with Gasteiger partial charge in [-0.1, -0.05) is 27.7 Å². The largest absolute Gasteiger partial charge is 0.278 e. The van der Waals surface area contributed by atoms with E-state index in [2.05, 4.69) is 42.0 Å². The van der Waals surface area contributed by atoms with E-state index < -0.39 is 0 Å². The van der Waals surface area contributed by atoms with Crippen LogP contribution >= 0.6 is 11.5 Å². The molecule has 0 saturated carbocycles. The van der Waals surface area contributed by atoms with Crippen LogP contribution in [0.15, 0.2) is 12.4 Å². The zero-order chi connectivity index (χ0) is 12.5. The molecule has 0 aliphatic heterocycles. The Labute approximate surface area is 106 Å². The summed E-state index contributed by atoms with van der Waals surface area (Å²) in [4.78, 5) is 8.95. The molecular formula is C12H18N4S. The van der Waals surface area contributed by atoms with E-state index in [-0.39, 0.29) is 5.41 Å². The van der Waals surface area contributed by atoms with Crippen molar-refractivity contribution in [1.82, 2.24) is 18.9 Å². The van der Waals surface area contributed by atoms with Crippen LogP contribution in [-0.2, 0) is 11.8 Å².